The molecule has 0 unspecified atom stereocenters. The highest BCUT2D eigenvalue weighted by Gasteiger charge is 2.43. The lowest BCUT2D eigenvalue weighted by Crippen LogP contribution is -2.64. The average molecular weight is 235 g/mol. The van der Waals surface area contributed by atoms with E-state index >= 15 is 0 Å². The highest BCUT2D eigenvalue weighted by Crippen LogP contribution is 2.27. The number of hydrogen-bond donors (Lipinski definition) is 1. The predicted molar refractivity (Wildman–Crippen MR) is 68.2 cm³/mol. The van der Waals surface area contributed by atoms with E-state index in [1.807, 2.05) is 30.3 Å². The first-order valence-corrected chi connectivity index (χ1v) is 6.23. The third-order valence-electron chi connectivity index (χ3n) is 3.49. The summed E-state index contributed by atoms with van der Waals surface area (Å²) >= 11 is 0. The van der Waals surface area contributed by atoms with E-state index in [1.165, 1.54) is 0 Å². The largest absolute Gasteiger partial charge is 0.492 e. The molecule has 0 aromatic heterocycles. The van der Waals surface area contributed by atoms with Crippen LogP contribution in [0.15, 0.2) is 30.3 Å². The molecular formula is C14H21NO2. The SMILES string of the molecule is CC(C)C1(O)CN(CCOc2ccccc2)C1. The normalized spacial score (nSPS) is 19.1. The molecular weight excluding hydrogens is 214 g/mol. The number of rotatable bonds is 5. The van der Waals surface area contributed by atoms with Crippen molar-refractivity contribution in [1.29, 1.82) is 0 Å². The van der Waals surface area contributed by atoms with Crippen molar-refractivity contribution in [3.63, 3.8) is 0 Å². The van der Waals surface area contributed by atoms with Crippen molar-refractivity contribution in [1.82, 2.24) is 4.90 Å². The molecule has 3 heteroatoms. The molecule has 1 heterocycles. The van der Waals surface area contributed by atoms with E-state index in [9.17, 15) is 5.11 Å². The number of aliphatic hydroxyl groups is 1. The summed E-state index contributed by atoms with van der Waals surface area (Å²) in [5, 5.41) is 10.1. The Morgan fingerprint density at radius 2 is 1.94 bits per heavy atom. The molecule has 0 spiro atoms. The molecule has 1 aliphatic rings. The zero-order valence-corrected chi connectivity index (χ0v) is 10.6. The summed E-state index contributed by atoms with van der Waals surface area (Å²) in [6.45, 7) is 7.23. The molecule has 17 heavy (non-hydrogen) atoms. The van der Waals surface area contributed by atoms with Crippen molar-refractivity contribution in [3.8, 4) is 5.75 Å². The van der Waals surface area contributed by atoms with Crippen LogP contribution < -0.4 is 4.74 Å². The molecule has 0 aliphatic carbocycles. The standard InChI is InChI=1S/C14H21NO2/c1-12(2)14(16)10-15(11-14)8-9-17-13-6-4-3-5-7-13/h3-7,12,16H,8-11H2,1-2H3. The number of likely N-dealkylation sites (tertiary alicyclic amines) is 1. The van der Waals surface area contributed by atoms with Crippen molar-refractivity contribution in [2.45, 2.75) is 19.4 Å². The summed E-state index contributed by atoms with van der Waals surface area (Å²) in [5.74, 6) is 1.24. The number of nitrogens with zero attached hydrogens (tertiary/aromatic N) is 1. The summed E-state index contributed by atoms with van der Waals surface area (Å²) in [4.78, 5) is 2.23. The molecule has 1 aliphatic heterocycles. The predicted octanol–water partition coefficient (Wildman–Crippen LogP) is 1.77. The maximum absolute atomic E-state index is 10.1. The second-order valence-electron chi connectivity index (χ2n) is 5.13. The van der Waals surface area contributed by atoms with Crippen LogP contribution in [0.25, 0.3) is 0 Å². The van der Waals surface area contributed by atoms with Crippen LogP contribution in [0.4, 0.5) is 0 Å². The van der Waals surface area contributed by atoms with Gasteiger partial charge in [-0.3, -0.25) is 4.90 Å². The molecule has 94 valence electrons. The molecule has 1 fully saturated rings. The molecule has 1 aromatic rings. The first-order valence-electron chi connectivity index (χ1n) is 6.23. The molecule has 3 nitrogen and oxygen atoms in total. The van der Waals surface area contributed by atoms with Crippen LogP contribution in [0, 0.1) is 5.92 Å². The number of hydrogen-bond acceptors (Lipinski definition) is 3. The Hall–Kier alpha value is -1.06. The van der Waals surface area contributed by atoms with Crippen LogP contribution in [0.1, 0.15) is 13.8 Å². The van der Waals surface area contributed by atoms with Gasteiger partial charge < -0.3 is 9.84 Å². The van der Waals surface area contributed by atoms with E-state index in [0.29, 0.717) is 12.5 Å². The zero-order valence-electron chi connectivity index (χ0n) is 10.6. The van der Waals surface area contributed by atoms with Crippen LogP contribution >= 0.6 is 0 Å². The Balaban J connectivity index is 1.66. The Labute approximate surface area is 103 Å². The van der Waals surface area contributed by atoms with Gasteiger partial charge in [0.1, 0.15) is 12.4 Å². The van der Waals surface area contributed by atoms with Gasteiger partial charge in [0, 0.05) is 19.6 Å². The van der Waals surface area contributed by atoms with E-state index in [0.717, 1.165) is 25.4 Å². The van der Waals surface area contributed by atoms with E-state index in [-0.39, 0.29) is 0 Å². The van der Waals surface area contributed by atoms with Gasteiger partial charge in [0.05, 0.1) is 5.60 Å². The van der Waals surface area contributed by atoms with Gasteiger partial charge >= 0.3 is 0 Å². The van der Waals surface area contributed by atoms with Gasteiger partial charge in [-0.15, -0.1) is 0 Å². The maximum atomic E-state index is 10.1. The van der Waals surface area contributed by atoms with Crippen molar-refractivity contribution in [2.75, 3.05) is 26.2 Å². The second-order valence-corrected chi connectivity index (χ2v) is 5.13. The Kier molecular flexibility index (Phi) is 3.69. The molecule has 0 saturated carbocycles. The van der Waals surface area contributed by atoms with Crippen molar-refractivity contribution in [3.05, 3.63) is 30.3 Å². The number of benzene rings is 1. The maximum Gasteiger partial charge on any atom is 0.119 e. The molecule has 1 N–H and O–H groups in total. The molecule has 1 aromatic carbocycles. The van der Waals surface area contributed by atoms with Gasteiger partial charge in [-0.1, -0.05) is 32.0 Å². The summed E-state index contributed by atoms with van der Waals surface area (Å²) in [7, 11) is 0. The first kappa shape index (κ1) is 12.4. The lowest BCUT2D eigenvalue weighted by atomic mass is 9.83. The smallest absolute Gasteiger partial charge is 0.119 e. The minimum absolute atomic E-state index is 0.328. The number of β-amino-alcohol motifs (C(OH)–C–C–N with tert-alkyl or cyclic N) is 1. The minimum atomic E-state index is -0.479. The van der Waals surface area contributed by atoms with Crippen LogP contribution in [-0.4, -0.2) is 41.8 Å². The molecule has 0 amide bonds. The molecule has 1 saturated heterocycles. The summed E-state index contributed by atoms with van der Waals surface area (Å²) < 4.78 is 5.62. The molecule has 2 rings (SSSR count). The molecule has 0 bridgehead atoms. The summed E-state index contributed by atoms with van der Waals surface area (Å²) in [6, 6.07) is 9.83. The van der Waals surface area contributed by atoms with Crippen molar-refractivity contribution < 1.29 is 9.84 Å². The minimum Gasteiger partial charge on any atom is -0.492 e. The zero-order chi connectivity index (χ0) is 12.3. The molecule has 0 atom stereocenters. The van der Waals surface area contributed by atoms with Gasteiger partial charge in [-0.2, -0.15) is 0 Å². The van der Waals surface area contributed by atoms with Crippen LogP contribution in [0.2, 0.25) is 0 Å². The van der Waals surface area contributed by atoms with Crippen LogP contribution in [-0.2, 0) is 0 Å². The lowest BCUT2D eigenvalue weighted by Gasteiger charge is -2.49. The fraction of sp³-hybridized carbons (Fsp3) is 0.571. The number of para-hydroxylation sites is 1. The van der Waals surface area contributed by atoms with Gasteiger partial charge in [0.25, 0.3) is 0 Å². The van der Waals surface area contributed by atoms with Gasteiger partial charge in [0.2, 0.25) is 0 Å². The van der Waals surface area contributed by atoms with E-state index in [4.69, 9.17) is 4.74 Å². The van der Waals surface area contributed by atoms with E-state index < -0.39 is 5.60 Å². The highest BCUT2D eigenvalue weighted by atomic mass is 16.5. The topological polar surface area (TPSA) is 32.7 Å². The van der Waals surface area contributed by atoms with Crippen molar-refractivity contribution in [2.24, 2.45) is 5.92 Å². The third-order valence-corrected chi connectivity index (χ3v) is 3.49. The van der Waals surface area contributed by atoms with E-state index in [2.05, 4.69) is 18.7 Å². The van der Waals surface area contributed by atoms with E-state index in [1.54, 1.807) is 0 Å². The van der Waals surface area contributed by atoms with Crippen molar-refractivity contribution >= 4 is 0 Å². The Bertz CT molecular complexity index is 344. The van der Waals surface area contributed by atoms with Gasteiger partial charge in [-0.05, 0) is 18.1 Å². The van der Waals surface area contributed by atoms with Crippen LogP contribution in [0.5, 0.6) is 5.75 Å². The van der Waals surface area contributed by atoms with Crippen LogP contribution in [0.3, 0.4) is 0 Å². The molecule has 0 radical (unpaired) electrons. The van der Waals surface area contributed by atoms with Gasteiger partial charge in [-0.25, -0.2) is 0 Å². The Morgan fingerprint density at radius 3 is 2.53 bits per heavy atom. The quantitative estimate of drug-likeness (QED) is 0.844. The fourth-order valence-electron chi connectivity index (χ4n) is 2.06. The lowest BCUT2D eigenvalue weighted by molar-refractivity contribution is -0.129. The second kappa shape index (κ2) is 5.07. The van der Waals surface area contributed by atoms with Gasteiger partial charge in [0.15, 0.2) is 0 Å². The monoisotopic (exact) mass is 235 g/mol. The highest BCUT2D eigenvalue weighted by molar-refractivity contribution is 5.20. The summed E-state index contributed by atoms with van der Waals surface area (Å²) in [5.41, 5.74) is -0.479. The Morgan fingerprint density at radius 1 is 1.29 bits per heavy atom. The third kappa shape index (κ3) is 2.99. The summed E-state index contributed by atoms with van der Waals surface area (Å²) in [6.07, 6.45) is 0. The number of ether oxygens (including phenoxy) is 1. The first-order chi connectivity index (χ1) is 8.10. The fourth-order valence-corrected chi connectivity index (χ4v) is 2.06. The average Bonchev–Trinajstić information content (AvgIpc) is 2.27.